The molecule has 4 aromatic rings. The predicted molar refractivity (Wildman–Crippen MR) is 111 cm³/mol. The number of rotatable bonds is 5. The lowest BCUT2D eigenvalue weighted by atomic mass is 10.1. The number of aryl methyl sites for hydroxylation is 1. The molecule has 0 spiro atoms. The summed E-state index contributed by atoms with van der Waals surface area (Å²) in [5.41, 5.74) is 3.34. The van der Waals surface area contributed by atoms with Gasteiger partial charge in [0.25, 0.3) is 0 Å². The Hall–Kier alpha value is -3.47. The second-order valence-corrected chi connectivity index (χ2v) is 8.71. The molecule has 0 saturated carbocycles. The first-order chi connectivity index (χ1) is 14.5. The van der Waals surface area contributed by atoms with Gasteiger partial charge in [-0.2, -0.15) is 5.10 Å². The molecule has 0 bridgehead atoms. The highest BCUT2D eigenvalue weighted by Crippen LogP contribution is 2.35. The Morgan fingerprint density at radius 1 is 1.06 bits per heavy atom. The Labute approximate surface area is 175 Å². The molecular weight excluding hydrogens is 433 g/mol. The number of hydrogen-bond donors (Lipinski definition) is 1. The molecule has 0 aliphatic rings. The fourth-order valence-electron chi connectivity index (χ4n) is 3.32. The zero-order chi connectivity index (χ0) is 22.4. The van der Waals surface area contributed by atoms with Crippen LogP contribution in [0.3, 0.4) is 0 Å². The zero-order valence-corrected chi connectivity index (χ0v) is 17.2. The van der Waals surface area contributed by atoms with E-state index in [1.165, 1.54) is 24.3 Å². The average Bonchev–Trinajstić information content (AvgIpc) is 3.23. The van der Waals surface area contributed by atoms with E-state index in [-0.39, 0.29) is 5.75 Å². The number of halogens is 3. The van der Waals surface area contributed by atoms with Gasteiger partial charge in [0.1, 0.15) is 5.75 Å². The van der Waals surface area contributed by atoms with Gasteiger partial charge in [0.05, 0.1) is 18.0 Å². The van der Waals surface area contributed by atoms with Gasteiger partial charge in [0.15, 0.2) is 0 Å². The van der Waals surface area contributed by atoms with Crippen LogP contribution in [0.15, 0.2) is 61.1 Å². The highest BCUT2D eigenvalue weighted by molar-refractivity contribution is 7.92. The van der Waals surface area contributed by atoms with Gasteiger partial charge in [0, 0.05) is 47.3 Å². The van der Waals surface area contributed by atoms with E-state index in [0.29, 0.717) is 11.4 Å². The number of nitrogens with zero attached hydrogens (tertiary/aromatic N) is 3. The first-order valence-electron chi connectivity index (χ1n) is 8.97. The second kappa shape index (κ2) is 7.34. The summed E-state index contributed by atoms with van der Waals surface area (Å²) in [5.74, 6) is -0.320. The number of fused-ring (bicyclic) bond motifs is 1. The molecule has 2 aromatic carbocycles. The first kappa shape index (κ1) is 20.8. The molecule has 0 unspecified atom stereocenters. The molecule has 31 heavy (non-hydrogen) atoms. The number of ether oxygens (including phenoxy) is 1. The van der Waals surface area contributed by atoms with Gasteiger partial charge in [-0.15, -0.1) is 13.2 Å². The van der Waals surface area contributed by atoms with Crippen LogP contribution in [0.2, 0.25) is 0 Å². The summed E-state index contributed by atoms with van der Waals surface area (Å²) in [6.07, 6.45) is 1.62. The molecule has 2 aromatic heterocycles. The number of hydrogen-bond acceptors (Lipinski definition) is 4. The zero-order valence-electron chi connectivity index (χ0n) is 16.4. The van der Waals surface area contributed by atoms with E-state index in [2.05, 4.69) is 14.6 Å². The van der Waals surface area contributed by atoms with Crippen molar-refractivity contribution < 1.29 is 26.3 Å². The normalized spacial score (nSPS) is 12.3. The minimum atomic E-state index is -4.77. The van der Waals surface area contributed by atoms with Crippen LogP contribution < -0.4 is 9.46 Å². The minimum absolute atomic E-state index is 0.320. The van der Waals surface area contributed by atoms with Crippen LogP contribution in [0.1, 0.15) is 0 Å². The molecule has 0 atom stereocenters. The number of aromatic nitrogens is 3. The van der Waals surface area contributed by atoms with E-state index in [9.17, 15) is 21.6 Å². The lowest BCUT2D eigenvalue weighted by Gasteiger charge is -2.10. The van der Waals surface area contributed by atoms with Gasteiger partial charge in [0.2, 0.25) is 10.0 Å². The van der Waals surface area contributed by atoms with E-state index >= 15 is 0 Å². The Bertz CT molecular complexity index is 1360. The molecule has 0 aliphatic carbocycles. The molecule has 2 heterocycles. The van der Waals surface area contributed by atoms with Crippen molar-refractivity contribution in [3.63, 3.8) is 0 Å². The van der Waals surface area contributed by atoms with Crippen molar-refractivity contribution >= 4 is 26.6 Å². The van der Waals surface area contributed by atoms with Gasteiger partial charge in [-0.1, -0.05) is 0 Å². The fraction of sp³-hybridized carbons (Fsp3) is 0.150. The van der Waals surface area contributed by atoms with Crippen molar-refractivity contribution in [2.24, 2.45) is 7.05 Å². The van der Waals surface area contributed by atoms with Gasteiger partial charge in [-0.3, -0.25) is 9.40 Å². The molecule has 0 aliphatic heterocycles. The number of alkyl halides is 3. The molecule has 0 saturated heterocycles. The summed E-state index contributed by atoms with van der Waals surface area (Å²) in [5, 5.41) is 4.93. The van der Waals surface area contributed by atoms with Crippen molar-refractivity contribution in [1.29, 1.82) is 0 Å². The molecular formula is C20H17F3N4O3S. The third-order valence-corrected chi connectivity index (χ3v) is 5.08. The lowest BCUT2D eigenvalue weighted by molar-refractivity contribution is -0.274. The summed E-state index contributed by atoms with van der Waals surface area (Å²) in [6, 6.07) is 10.6. The van der Waals surface area contributed by atoms with Crippen LogP contribution in [0.25, 0.3) is 27.7 Å². The molecule has 11 heteroatoms. The highest BCUT2D eigenvalue weighted by Gasteiger charge is 2.31. The summed E-state index contributed by atoms with van der Waals surface area (Å²) in [4.78, 5) is 0. The quantitative estimate of drug-likeness (QED) is 0.492. The number of sulfonamides is 1. The van der Waals surface area contributed by atoms with Gasteiger partial charge >= 0.3 is 6.36 Å². The summed E-state index contributed by atoms with van der Waals surface area (Å²) in [6.45, 7) is 0. The van der Waals surface area contributed by atoms with E-state index in [4.69, 9.17) is 0 Å². The van der Waals surface area contributed by atoms with Crippen molar-refractivity contribution in [1.82, 2.24) is 14.3 Å². The molecule has 0 fully saturated rings. The maximum atomic E-state index is 12.4. The van der Waals surface area contributed by atoms with Crippen LogP contribution in [0.4, 0.5) is 18.9 Å². The van der Waals surface area contributed by atoms with Crippen molar-refractivity contribution in [3.8, 4) is 22.6 Å². The van der Waals surface area contributed by atoms with Crippen LogP contribution in [0, 0.1) is 0 Å². The first-order valence-corrected chi connectivity index (χ1v) is 10.9. The largest absolute Gasteiger partial charge is 0.573 e. The predicted octanol–water partition coefficient (Wildman–Crippen LogP) is 4.30. The summed E-state index contributed by atoms with van der Waals surface area (Å²) >= 11 is 0. The Balaban J connectivity index is 1.84. The Morgan fingerprint density at radius 3 is 2.35 bits per heavy atom. The minimum Gasteiger partial charge on any atom is -0.406 e. The molecule has 0 radical (unpaired) electrons. The standard InChI is InChI=1S/C20H17F3N4O3S/c1-26-11-13(10-24-26)18-12-27(15-4-6-16(7-5-15)30-20(21,22)23)19-8-3-14(9-17(18)19)25-31(2,28)29/h3-12,25H,1-2H3. The number of benzene rings is 2. The maximum Gasteiger partial charge on any atom is 0.573 e. The van der Waals surface area contributed by atoms with Crippen molar-refractivity contribution in [2.45, 2.75) is 6.36 Å². The SMILES string of the molecule is Cn1cc(-c2cn(-c3ccc(OC(F)(F)F)cc3)c3ccc(NS(C)(=O)=O)cc23)cn1. The average molecular weight is 450 g/mol. The van der Waals surface area contributed by atoms with Crippen molar-refractivity contribution in [3.05, 3.63) is 61.1 Å². The molecule has 1 N–H and O–H groups in total. The fourth-order valence-corrected chi connectivity index (χ4v) is 3.88. The molecule has 7 nitrogen and oxygen atoms in total. The van der Waals surface area contributed by atoms with Crippen LogP contribution in [-0.4, -0.2) is 35.4 Å². The van der Waals surface area contributed by atoms with E-state index in [1.54, 1.807) is 40.7 Å². The lowest BCUT2D eigenvalue weighted by Crippen LogP contribution is -2.17. The smallest absolute Gasteiger partial charge is 0.406 e. The highest BCUT2D eigenvalue weighted by atomic mass is 32.2. The third kappa shape index (κ3) is 4.66. The summed E-state index contributed by atoms with van der Waals surface area (Å²) < 4.78 is 70.4. The Morgan fingerprint density at radius 2 is 1.77 bits per heavy atom. The van der Waals surface area contributed by atoms with E-state index < -0.39 is 16.4 Å². The topological polar surface area (TPSA) is 78.1 Å². The van der Waals surface area contributed by atoms with Gasteiger partial charge in [-0.05, 0) is 42.5 Å². The summed E-state index contributed by atoms with van der Waals surface area (Å²) in [7, 11) is -1.69. The third-order valence-electron chi connectivity index (χ3n) is 4.47. The molecule has 4 rings (SSSR count). The maximum absolute atomic E-state index is 12.4. The monoisotopic (exact) mass is 450 g/mol. The Kier molecular flexibility index (Phi) is 4.92. The van der Waals surface area contributed by atoms with Crippen molar-refractivity contribution in [2.75, 3.05) is 11.0 Å². The van der Waals surface area contributed by atoms with E-state index in [0.717, 1.165) is 28.3 Å². The van der Waals surface area contributed by atoms with Gasteiger partial charge in [-0.25, -0.2) is 8.42 Å². The van der Waals surface area contributed by atoms with Gasteiger partial charge < -0.3 is 9.30 Å². The molecule has 162 valence electrons. The molecule has 0 amide bonds. The van der Waals surface area contributed by atoms with Crippen LogP contribution >= 0.6 is 0 Å². The van der Waals surface area contributed by atoms with Crippen LogP contribution in [-0.2, 0) is 17.1 Å². The number of nitrogens with one attached hydrogen (secondary N) is 1. The van der Waals surface area contributed by atoms with Crippen LogP contribution in [0.5, 0.6) is 5.75 Å². The van der Waals surface area contributed by atoms with E-state index in [1.807, 2.05) is 12.4 Å². The second-order valence-electron chi connectivity index (χ2n) is 6.96. The number of anilines is 1.